The average molecular weight is 255 g/mol. The van der Waals surface area contributed by atoms with Gasteiger partial charge in [0.1, 0.15) is 5.82 Å². The molecule has 0 aliphatic carbocycles. The third-order valence-electron chi connectivity index (χ3n) is 2.79. The fourth-order valence-electron chi connectivity index (χ4n) is 2.01. The zero-order valence-electron chi connectivity index (χ0n) is 11.7. The molecule has 0 fully saturated rings. The van der Waals surface area contributed by atoms with Crippen molar-refractivity contribution in [3.8, 4) is 0 Å². The van der Waals surface area contributed by atoms with Crippen molar-refractivity contribution < 1.29 is 14.6 Å². The van der Waals surface area contributed by atoms with Gasteiger partial charge >= 0.3 is 0 Å². The Morgan fingerprint density at radius 2 is 1.94 bits per heavy atom. The van der Waals surface area contributed by atoms with Crippen LogP contribution in [0.2, 0.25) is 0 Å². The molecule has 0 bridgehead atoms. The third-order valence-corrected chi connectivity index (χ3v) is 2.79. The molecular weight excluding hydrogens is 233 g/mol. The summed E-state index contributed by atoms with van der Waals surface area (Å²) >= 11 is 0. The summed E-state index contributed by atoms with van der Waals surface area (Å²) in [6.45, 7) is 7.11. The summed E-state index contributed by atoms with van der Waals surface area (Å²) in [5, 5.41) is 19.5. The van der Waals surface area contributed by atoms with E-state index in [0.717, 1.165) is 5.69 Å². The molecule has 0 radical (unpaired) electrons. The zero-order chi connectivity index (χ0) is 14.1. The number of hydrogen-bond donors (Lipinski definition) is 2. The predicted octanol–water partition coefficient (Wildman–Crippen LogP) is 2.39. The first-order valence-corrected chi connectivity index (χ1v) is 6.03. The Labute approximate surface area is 108 Å². The van der Waals surface area contributed by atoms with Crippen LogP contribution >= 0.6 is 0 Å². The van der Waals surface area contributed by atoms with Gasteiger partial charge in [-0.15, -0.1) is 0 Å². The van der Waals surface area contributed by atoms with Gasteiger partial charge < -0.3 is 15.1 Å². The number of hydrogen-bond acceptors (Lipinski definition) is 3. The first-order chi connectivity index (χ1) is 8.11. The zero-order valence-corrected chi connectivity index (χ0v) is 11.7. The van der Waals surface area contributed by atoms with Crippen LogP contribution in [0, 0.1) is 12.7 Å². The van der Waals surface area contributed by atoms with E-state index in [0.29, 0.717) is 17.7 Å². The molecule has 0 saturated carbocycles. The molecule has 1 rings (SSSR count). The van der Waals surface area contributed by atoms with Crippen LogP contribution in [-0.4, -0.2) is 29.4 Å². The maximum Gasteiger partial charge on any atom is 0.126 e. The molecule has 0 aliphatic rings. The van der Waals surface area contributed by atoms with E-state index in [-0.39, 0.29) is 5.82 Å². The number of aliphatic hydroxyl groups excluding tert-OH is 1. The van der Waals surface area contributed by atoms with Crippen LogP contribution in [0.25, 0.3) is 0 Å². The third kappa shape index (κ3) is 3.68. The van der Waals surface area contributed by atoms with Crippen LogP contribution in [0.3, 0.4) is 0 Å². The van der Waals surface area contributed by atoms with Crippen molar-refractivity contribution >= 4 is 5.69 Å². The molecule has 0 aromatic heterocycles. The molecule has 0 aliphatic heterocycles. The van der Waals surface area contributed by atoms with Gasteiger partial charge in [-0.3, -0.25) is 0 Å². The van der Waals surface area contributed by atoms with Crippen LogP contribution in [0.5, 0.6) is 0 Å². The molecule has 1 aromatic rings. The molecule has 2 N–H and O–H groups in total. The Morgan fingerprint density at radius 3 is 2.39 bits per heavy atom. The van der Waals surface area contributed by atoms with Crippen molar-refractivity contribution in [2.45, 2.75) is 39.4 Å². The highest BCUT2D eigenvalue weighted by atomic mass is 19.1. The molecule has 0 heterocycles. The van der Waals surface area contributed by atoms with E-state index >= 15 is 0 Å². The number of aryl methyl sites for hydroxylation is 1. The molecule has 1 aromatic carbocycles. The number of likely N-dealkylation sites (N-methyl/N-ethyl adjacent to an activating group) is 1. The number of aliphatic hydroxyl groups is 2. The summed E-state index contributed by atoms with van der Waals surface area (Å²) in [7, 11) is 1.82. The Morgan fingerprint density at radius 1 is 1.39 bits per heavy atom. The van der Waals surface area contributed by atoms with Crippen LogP contribution in [0.4, 0.5) is 10.1 Å². The monoisotopic (exact) mass is 255 g/mol. The van der Waals surface area contributed by atoms with Crippen molar-refractivity contribution in [3.05, 3.63) is 29.1 Å². The first kappa shape index (κ1) is 14.9. The first-order valence-electron chi connectivity index (χ1n) is 6.03. The molecular formula is C14H22FNO2. The highest BCUT2D eigenvalue weighted by molar-refractivity contribution is 5.56. The van der Waals surface area contributed by atoms with Gasteiger partial charge in [-0.1, -0.05) is 0 Å². The van der Waals surface area contributed by atoms with E-state index in [2.05, 4.69) is 0 Å². The summed E-state index contributed by atoms with van der Waals surface area (Å²) < 4.78 is 13.5. The highest BCUT2D eigenvalue weighted by Gasteiger charge is 2.20. The van der Waals surface area contributed by atoms with Crippen LogP contribution in [-0.2, 0) is 0 Å². The minimum Gasteiger partial charge on any atom is -0.389 e. The molecule has 1 atom stereocenters. The van der Waals surface area contributed by atoms with Gasteiger partial charge in [0, 0.05) is 24.8 Å². The fourth-order valence-corrected chi connectivity index (χ4v) is 2.01. The molecule has 18 heavy (non-hydrogen) atoms. The van der Waals surface area contributed by atoms with E-state index in [1.807, 2.05) is 11.9 Å². The lowest BCUT2D eigenvalue weighted by molar-refractivity contribution is 0.0884. The SMILES string of the molecule is Cc1cc(N(C)CC(C)(C)O)c([C@H](C)O)cc1F. The van der Waals surface area contributed by atoms with Gasteiger partial charge in [0.15, 0.2) is 0 Å². The molecule has 0 amide bonds. The predicted molar refractivity (Wildman–Crippen MR) is 71.3 cm³/mol. The number of nitrogens with zero attached hydrogens (tertiary/aromatic N) is 1. The summed E-state index contributed by atoms with van der Waals surface area (Å²) in [5.74, 6) is -0.327. The Bertz CT molecular complexity index is 425. The largest absolute Gasteiger partial charge is 0.389 e. The van der Waals surface area contributed by atoms with Crippen LogP contribution < -0.4 is 4.90 Å². The van der Waals surface area contributed by atoms with E-state index in [1.54, 1.807) is 33.8 Å². The molecule has 0 saturated heterocycles. The number of halogens is 1. The smallest absolute Gasteiger partial charge is 0.126 e. The lowest BCUT2D eigenvalue weighted by Crippen LogP contribution is -2.36. The average Bonchev–Trinajstić information content (AvgIpc) is 2.18. The fraction of sp³-hybridized carbons (Fsp3) is 0.571. The maximum atomic E-state index is 13.5. The summed E-state index contributed by atoms with van der Waals surface area (Å²) in [5.41, 5.74) is 0.945. The van der Waals surface area contributed by atoms with E-state index in [1.165, 1.54) is 6.07 Å². The van der Waals surface area contributed by atoms with Gasteiger partial charge in [-0.25, -0.2) is 4.39 Å². The molecule has 102 valence electrons. The van der Waals surface area contributed by atoms with Crippen LogP contribution in [0.15, 0.2) is 12.1 Å². The van der Waals surface area contributed by atoms with Gasteiger partial charge in [0.25, 0.3) is 0 Å². The normalized spacial score (nSPS) is 13.6. The summed E-state index contributed by atoms with van der Waals surface area (Å²) in [6.07, 6.45) is -0.751. The van der Waals surface area contributed by atoms with Crippen molar-refractivity contribution in [1.82, 2.24) is 0 Å². The summed E-state index contributed by atoms with van der Waals surface area (Å²) in [6, 6.07) is 3.05. The lowest BCUT2D eigenvalue weighted by Gasteiger charge is -2.30. The minimum atomic E-state index is -0.854. The Kier molecular flexibility index (Phi) is 4.35. The Hall–Kier alpha value is -1.13. The number of benzene rings is 1. The lowest BCUT2D eigenvalue weighted by atomic mass is 10.0. The second-order valence-electron chi connectivity index (χ2n) is 5.50. The van der Waals surface area contributed by atoms with Gasteiger partial charge in [-0.05, 0) is 45.4 Å². The molecule has 0 unspecified atom stereocenters. The maximum absolute atomic E-state index is 13.5. The second kappa shape index (κ2) is 5.24. The quantitative estimate of drug-likeness (QED) is 0.868. The van der Waals surface area contributed by atoms with Gasteiger partial charge in [0.2, 0.25) is 0 Å². The molecule has 3 nitrogen and oxygen atoms in total. The van der Waals surface area contributed by atoms with E-state index in [4.69, 9.17) is 0 Å². The van der Waals surface area contributed by atoms with E-state index < -0.39 is 11.7 Å². The van der Waals surface area contributed by atoms with Crippen molar-refractivity contribution in [2.75, 3.05) is 18.5 Å². The number of anilines is 1. The second-order valence-corrected chi connectivity index (χ2v) is 5.50. The van der Waals surface area contributed by atoms with Gasteiger partial charge in [-0.2, -0.15) is 0 Å². The number of rotatable bonds is 4. The minimum absolute atomic E-state index is 0.327. The van der Waals surface area contributed by atoms with Gasteiger partial charge in [0.05, 0.1) is 11.7 Å². The molecule has 0 spiro atoms. The topological polar surface area (TPSA) is 43.7 Å². The van der Waals surface area contributed by atoms with Crippen molar-refractivity contribution in [3.63, 3.8) is 0 Å². The van der Waals surface area contributed by atoms with Crippen molar-refractivity contribution in [2.24, 2.45) is 0 Å². The van der Waals surface area contributed by atoms with E-state index in [9.17, 15) is 14.6 Å². The van der Waals surface area contributed by atoms with Crippen molar-refractivity contribution in [1.29, 1.82) is 0 Å². The Balaban J connectivity index is 3.17. The summed E-state index contributed by atoms with van der Waals surface area (Å²) in [4.78, 5) is 1.83. The molecule has 4 heteroatoms. The standard InChI is InChI=1S/C14H22FNO2/c1-9-6-13(16(5)8-14(3,4)18)11(10(2)17)7-12(9)15/h6-7,10,17-18H,8H2,1-5H3/t10-/m0/s1. The highest BCUT2D eigenvalue weighted by Crippen LogP contribution is 2.29. The van der Waals surface area contributed by atoms with Crippen LogP contribution in [0.1, 0.15) is 38.0 Å².